The van der Waals surface area contributed by atoms with Crippen LogP contribution in [0.5, 0.6) is 0 Å². The molecule has 0 amide bonds. The maximum Gasteiger partial charge on any atom is 0.251 e. The molecule has 2 aromatic carbocycles. The molecule has 0 spiro atoms. The second-order valence-electron chi connectivity index (χ2n) is 4.23. The fraction of sp³-hybridized carbons (Fsp3) is 0.0667. The van der Waals surface area contributed by atoms with E-state index in [0.29, 0.717) is 5.56 Å². The number of nitro groups is 1. The minimum Gasteiger partial charge on any atom is -0.259 e. The fourth-order valence-corrected chi connectivity index (χ4v) is 1.89. The Labute approximate surface area is 120 Å². The number of hydrogen-bond donors (Lipinski definition) is 0. The molecular weight excluding hydrogens is 281 g/mol. The van der Waals surface area contributed by atoms with Crippen LogP contribution in [0, 0.1) is 15.9 Å². The van der Waals surface area contributed by atoms with Crippen molar-refractivity contribution < 1.29 is 9.31 Å². The van der Waals surface area contributed by atoms with E-state index in [9.17, 15) is 14.5 Å². The highest BCUT2D eigenvalue weighted by Crippen LogP contribution is 2.19. The maximum absolute atomic E-state index is 13.3. The zero-order valence-corrected chi connectivity index (χ0v) is 11.2. The highest BCUT2D eigenvalue weighted by molar-refractivity contribution is 6.30. The van der Waals surface area contributed by atoms with E-state index in [0.717, 1.165) is 5.56 Å². The van der Waals surface area contributed by atoms with Gasteiger partial charge in [-0.2, -0.15) is 0 Å². The average Bonchev–Trinajstić information content (AvgIpc) is 2.43. The largest absolute Gasteiger partial charge is 0.259 e. The van der Waals surface area contributed by atoms with Crippen molar-refractivity contribution in [1.82, 2.24) is 0 Å². The van der Waals surface area contributed by atoms with Crippen LogP contribution in [-0.2, 0) is 6.42 Å². The molecule has 0 aliphatic rings. The second-order valence-corrected chi connectivity index (χ2v) is 4.64. The van der Waals surface area contributed by atoms with E-state index in [4.69, 9.17) is 11.6 Å². The van der Waals surface area contributed by atoms with Gasteiger partial charge in [-0.3, -0.25) is 10.1 Å². The van der Waals surface area contributed by atoms with Crippen molar-refractivity contribution >= 4 is 17.7 Å². The van der Waals surface area contributed by atoms with Crippen molar-refractivity contribution in [3.05, 3.63) is 86.3 Å². The first kappa shape index (κ1) is 14.2. The number of halogens is 2. The highest BCUT2D eigenvalue weighted by Gasteiger charge is 2.12. The second kappa shape index (κ2) is 6.30. The molecule has 2 rings (SSSR count). The summed E-state index contributed by atoms with van der Waals surface area (Å²) >= 11 is 5.58. The van der Waals surface area contributed by atoms with E-state index in [1.165, 1.54) is 18.2 Å². The molecule has 0 N–H and O–H groups in total. The third kappa shape index (κ3) is 3.65. The van der Waals surface area contributed by atoms with Gasteiger partial charge in [0.15, 0.2) is 0 Å². The SMILES string of the molecule is O=[N+]([O-])C(=Cc1ccc(Cl)c(F)c1)Cc1ccccc1. The van der Waals surface area contributed by atoms with Crippen LogP contribution in [0.3, 0.4) is 0 Å². The molecule has 0 aromatic heterocycles. The van der Waals surface area contributed by atoms with Gasteiger partial charge in [-0.15, -0.1) is 0 Å². The molecular formula is C15H11ClFNO2. The predicted octanol–water partition coefficient (Wildman–Crippen LogP) is 4.34. The first-order chi connectivity index (χ1) is 9.56. The Kier molecular flexibility index (Phi) is 4.48. The molecule has 0 aliphatic heterocycles. The van der Waals surface area contributed by atoms with Crippen molar-refractivity contribution in [3.63, 3.8) is 0 Å². The molecule has 5 heteroatoms. The topological polar surface area (TPSA) is 43.1 Å². The minimum atomic E-state index is -0.595. The average molecular weight is 292 g/mol. The molecule has 0 heterocycles. The number of nitrogens with zero attached hydrogens (tertiary/aromatic N) is 1. The molecule has 20 heavy (non-hydrogen) atoms. The summed E-state index contributed by atoms with van der Waals surface area (Å²) in [5.41, 5.74) is 1.23. The monoisotopic (exact) mass is 291 g/mol. The van der Waals surface area contributed by atoms with Crippen molar-refractivity contribution in [2.75, 3.05) is 0 Å². The molecule has 0 atom stereocenters. The summed E-state index contributed by atoms with van der Waals surface area (Å²) in [5, 5.41) is 11.1. The lowest BCUT2D eigenvalue weighted by molar-refractivity contribution is -0.425. The van der Waals surface area contributed by atoms with Gasteiger partial charge >= 0.3 is 0 Å². The predicted molar refractivity (Wildman–Crippen MR) is 76.5 cm³/mol. The van der Waals surface area contributed by atoms with E-state index < -0.39 is 10.7 Å². The molecule has 102 valence electrons. The zero-order chi connectivity index (χ0) is 14.5. The van der Waals surface area contributed by atoms with Gasteiger partial charge < -0.3 is 0 Å². The van der Waals surface area contributed by atoms with Gasteiger partial charge in [0.25, 0.3) is 5.70 Å². The Hall–Kier alpha value is -2.20. The quantitative estimate of drug-likeness (QED) is 0.621. The van der Waals surface area contributed by atoms with Gasteiger partial charge in [0.1, 0.15) is 5.82 Å². The molecule has 0 aliphatic carbocycles. The van der Waals surface area contributed by atoms with E-state index in [1.807, 2.05) is 18.2 Å². The summed E-state index contributed by atoms with van der Waals surface area (Å²) in [4.78, 5) is 10.6. The van der Waals surface area contributed by atoms with Crippen LogP contribution in [-0.4, -0.2) is 4.92 Å². The lowest BCUT2D eigenvalue weighted by atomic mass is 10.1. The van der Waals surface area contributed by atoms with Crippen LogP contribution in [0.15, 0.2) is 54.2 Å². The Bertz CT molecular complexity index is 656. The molecule has 0 radical (unpaired) electrons. The van der Waals surface area contributed by atoms with E-state index in [-0.39, 0.29) is 17.1 Å². The fourth-order valence-electron chi connectivity index (χ4n) is 1.77. The van der Waals surface area contributed by atoms with Crippen LogP contribution in [0.2, 0.25) is 5.02 Å². The molecule has 3 nitrogen and oxygen atoms in total. The Balaban J connectivity index is 2.30. The zero-order valence-electron chi connectivity index (χ0n) is 10.4. The van der Waals surface area contributed by atoms with Gasteiger partial charge in [0.2, 0.25) is 0 Å². The number of rotatable bonds is 4. The van der Waals surface area contributed by atoms with Crippen molar-refractivity contribution in [2.24, 2.45) is 0 Å². The van der Waals surface area contributed by atoms with Crippen LogP contribution < -0.4 is 0 Å². The maximum atomic E-state index is 13.3. The first-order valence-corrected chi connectivity index (χ1v) is 6.28. The number of benzene rings is 2. The Morgan fingerprint density at radius 2 is 1.95 bits per heavy atom. The van der Waals surface area contributed by atoms with Crippen molar-refractivity contribution in [3.8, 4) is 0 Å². The summed E-state index contributed by atoms with van der Waals surface area (Å²) < 4.78 is 13.3. The van der Waals surface area contributed by atoms with Gasteiger partial charge in [-0.05, 0) is 23.3 Å². The molecule has 2 aromatic rings. The lowest BCUT2D eigenvalue weighted by Crippen LogP contribution is -2.02. The summed E-state index contributed by atoms with van der Waals surface area (Å²) in [6.07, 6.45) is 1.53. The molecule has 0 bridgehead atoms. The third-order valence-corrected chi connectivity index (χ3v) is 3.05. The molecule has 0 unspecified atom stereocenters. The van der Waals surface area contributed by atoms with Gasteiger partial charge in [0, 0.05) is 6.08 Å². The third-order valence-electron chi connectivity index (χ3n) is 2.74. The summed E-state index contributed by atoms with van der Waals surface area (Å²) in [7, 11) is 0. The van der Waals surface area contributed by atoms with E-state index >= 15 is 0 Å². The van der Waals surface area contributed by atoms with Gasteiger partial charge in [-0.25, -0.2) is 4.39 Å². The van der Waals surface area contributed by atoms with Crippen molar-refractivity contribution in [2.45, 2.75) is 6.42 Å². The Morgan fingerprint density at radius 1 is 1.25 bits per heavy atom. The minimum absolute atomic E-state index is 0.00192. The lowest BCUT2D eigenvalue weighted by Gasteiger charge is -2.01. The summed E-state index contributed by atoms with van der Waals surface area (Å²) in [6, 6.07) is 13.2. The van der Waals surface area contributed by atoms with E-state index in [2.05, 4.69) is 0 Å². The van der Waals surface area contributed by atoms with Gasteiger partial charge in [-0.1, -0.05) is 48.0 Å². The summed E-state index contributed by atoms with van der Waals surface area (Å²) in [6.45, 7) is 0. The standard InChI is InChI=1S/C15H11ClFNO2/c16-14-7-6-12(10-15(14)17)9-13(18(19)20)8-11-4-2-1-3-5-11/h1-7,9-10H,8H2. The first-order valence-electron chi connectivity index (χ1n) is 5.90. The van der Waals surface area contributed by atoms with Crippen LogP contribution in [0.25, 0.3) is 6.08 Å². The normalized spacial score (nSPS) is 11.4. The van der Waals surface area contributed by atoms with Crippen LogP contribution in [0.1, 0.15) is 11.1 Å². The van der Waals surface area contributed by atoms with Gasteiger partial charge in [0.05, 0.1) is 16.4 Å². The Morgan fingerprint density at radius 3 is 2.55 bits per heavy atom. The molecule has 0 saturated heterocycles. The van der Waals surface area contributed by atoms with Crippen molar-refractivity contribution in [1.29, 1.82) is 0 Å². The van der Waals surface area contributed by atoms with E-state index in [1.54, 1.807) is 18.2 Å². The molecule has 0 fully saturated rings. The smallest absolute Gasteiger partial charge is 0.251 e. The summed E-state index contributed by atoms with van der Waals surface area (Å²) in [5.74, 6) is -0.595. The highest BCUT2D eigenvalue weighted by atomic mass is 35.5. The van der Waals surface area contributed by atoms with Crippen LogP contribution in [0.4, 0.5) is 4.39 Å². The van der Waals surface area contributed by atoms with Crippen LogP contribution >= 0.6 is 11.6 Å². The number of allylic oxidation sites excluding steroid dienone is 1. The molecule has 0 saturated carbocycles. The number of hydrogen-bond acceptors (Lipinski definition) is 2.